The highest BCUT2D eigenvalue weighted by Crippen LogP contribution is 2.60. The van der Waals surface area contributed by atoms with Crippen molar-refractivity contribution >= 4 is 49.4 Å². The van der Waals surface area contributed by atoms with Gasteiger partial charge in [-0.15, -0.1) is 0 Å². The summed E-state index contributed by atoms with van der Waals surface area (Å²) in [6.07, 6.45) is 0.931. The maximum Gasteiger partial charge on any atom is 0.238 e. The Morgan fingerprint density at radius 3 is 1.72 bits per heavy atom. The third kappa shape index (κ3) is 3.67. The minimum absolute atomic E-state index is 0.0633. The Bertz CT molecular complexity index is 1270. The largest absolute Gasteiger partial charge is 0.457 e. The van der Waals surface area contributed by atoms with Gasteiger partial charge in [0.25, 0.3) is 0 Å². The summed E-state index contributed by atoms with van der Waals surface area (Å²) in [5.74, 6) is 1.27. The molecule has 0 spiro atoms. The number of benzene rings is 3. The Labute approximate surface area is 228 Å². The van der Waals surface area contributed by atoms with Crippen LogP contribution >= 0.6 is 31.9 Å². The Kier molecular flexibility index (Phi) is 5.88. The number of halogens is 2. The minimum atomic E-state index is -0.213. The highest BCUT2D eigenvalue weighted by Gasteiger charge is 2.66. The van der Waals surface area contributed by atoms with Gasteiger partial charge >= 0.3 is 0 Å². The standard InChI is InChI=1S/C30H27Br2NO3/c1-30(2,17-6-4-3-5-7-17)18-8-12-20(13-9-18)36-21-14-10-19(11-15-21)33-28(34)24-22-16-23(25(24)29(33)35)27(32)26(22)31/h3-15,22-27H,16H2,1-2H3/t22-,23+,24+,25-,26-,27-/m1/s1. The van der Waals surface area contributed by atoms with Crippen molar-refractivity contribution in [3.63, 3.8) is 0 Å². The summed E-state index contributed by atoms with van der Waals surface area (Å²) in [6.45, 7) is 4.43. The van der Waals surface area contributed by atoms with Crippen LogP contribution in [0.1, 0.15) is 31.4 Å². The summed E-state index contributed by atoms with van der Waals surface area (Å²) < 4.78 is 6.07. The van der Waals surface area contributed by atoms with E-state index in [0.717, 1.165) is 12.2 Å². The molecular weight excluding hydrogens is 582 g/mol. The lowest BCUT2D eigenvalue weighted by Crippen LogP contribution is -2.37. The van der Waals surface area contributed by atoms with Crippen molar-refractivity contribution in [3.8, 4) is 11.5 Å². The summed E-state index contributed by atoms with van der Waals surface area (Å²) in [5, 5.41) is 0. The molecule has 6 heteroatoms. The molecule has 36 heavy (non-hydrogen) atoms. The molecule has 6 atom stereocenters. The zero-order valence-electron chi connectivity index (χ0n) is 20.1. The van der Waals surface area contributed by atoms with Gasteiger partial charge in [-0.05, 0) is 65.8 Å². The number of nitrogens with zero attached hydrogens (tertiary/aromatic N) is 1. The molecule has 0 unspecified atom stereocenters. The van der Waals surface area contributed by atoms with E-state index in [1.807, 2.05) is 30.3 Å². The van der Waals surface area contributed by atoms with E-state index in [1.54, 1.807) is 12.1 Å². The van der Waals surface area contributed by atoms with Crippen molar-refractivity contribution in [3.05, 3.63) is 90.0 Å². The van der Waals surface area contributed by atoms with Crippen molar-refractivity contribution in [2.75, 3.05) is 4.90 Å². The smallest absolute Gasteiger partial charge is 0.238 e. The summed E-state index contributed by atoms with van der Waals surface area (Å²) >= 11 is 7.49. The van der Waals surface area contributed by atoms with E-state index in [1.165, 1.54) is 16.0 Å². The molecule has 1 saturated heterocycles. The van der Waals surface area contributed by atoms with Gasteiger partial charge in [-0.3, -0.25) is 14.5 Å². The molecule has 2 saturated carbocycles. The average molecular weight is 609 g/mol. The van der Waals surface area contributed by atoms with Crippen LogP contribution in [0.3, 0.4) is 0 Å². The first-order chi connectivity index (χ1) is 17.3. The van der Waals surface area contributed by atoms with E-state index in [-0.39, 0.29) is 50.6 Å². The summed E-state index contributed by atoms with van der Waals surface area (Å²) in [4.78, 5) is 28.4. The molecule has 0 aromatic heterocycles. The van der Waals surface area contributed by atoms with Crippen molar-refractivity contribution in [1.29, 1.82) is 0 Å². The first kappa shape index (κ1) is 23.9. The first-order valence-corrected chi connectivity index (χ1v) is 14.2. The molecule has 2 bridgehead atoms. The maximum atomic E-state index is 13.3. The molecule has 1 aliphatic heterocycles. The molecule has 4 nitrogen and oxygen atoms in total. The monoisotopic (exact) mass is 607 g/mol. The van der Waals surface area contributed by atoms with Crippen LogP contribution in [-0.2, 0) is 15.0 Å². The Morgan fingerprint density at radius 1 is 0.722 bits per heavy atom. The molecule has 184 valence electrons. The quantitative estimate of drug-likeness (QED) is 0.229. The van der Waals surface area contributed by atoms with E-state index in [2.05, 4.69) is 82.1 Å². The molecular formula is C30H27Br2NO3. The van der Waals surface area contributed by atoms with Crippen molar-refractivity contribution in [2.45, 2.75) is 35.3 Å². The third-order valence-corrected chi connectivity index (χ3v) is 11.6. The number of ether oxygens (including phenoxy) is 1. The lowest BCUT2D eigenvalue weighted by Gasteiger charge is -2.28. The number of carbonyl (C=O) groups is 2. The van der Waals surface area contributed by atoms with E-state index in [0.29, 0.717) is 11.4 Å². The number of hydrogen-bond acceptors (Lipinski definition) is 3. The molecule has 2 aliphatic carbocycles. The highest BCUT2D eigenvalue weighted by atomic mass is 79.9. The number of fused-ring (bicyclic) bond motifs is 5. The average Bonchev–Trinajstić information content (AvgIpc) is 3.50. The Morgan fingerprint density at radius 2 is 1.19 bits per heavy atom. The molecule has 0 radical (unpaired) electrons. The predicted octanol–water partition coefficient (Wildman–Crippen LogP) is 7.09. The lowest BCUT2D eigenvalue weighted by atomic mass is 9.78. The van der Waals surface area contributed by atoms with Crippen LogP contribution in [-0.4, -0.2) is 21.5 Å². The number of imide groups is 1. The van der Waals surface area contributed by atoms with Crippen molar-refractivity contribution < 1.29 is 14.3 Å². The first-order valence-electron chi connectivity index (χ1n) is 12.4. The van der Waals surface area contributed by atoms with Gasteiger partial charge in [0, 0.05) is 15.1 Å². The van der Waals surface area contributed by atoms with Crippen LogP contribution in [0.15, 0.2) is 78.9 Å². The van der Waals surface area contributed by atoms with Gasteiger partial charge in [0.1, 0.15) is 11.5 Å². The van der Waals surface area contributed by atoms with Crippen LogP contribution in [0.25, 0.3) is 0 Å². The zero-order valence-corrected chi connectivity index (χ0v) is 23.3. The number of hydrogen-bond donors (Lipinski definition) is 0. The normalized spacial score (nSPS) is 29.1. The molecule has 0 N–H and O–H groups in total. The fraction of sp³-hybridized carbons (Fsp3) is 0.333. The van der Waals surface area contributed by atoms with Crippen molar-refractivity contribution in [1.82, 2.24) is 0 Å². The van der Waals surface area contributed by atoms with Gasteiger partial charge in [-0.25, -0.2) is 0 Å². The molecule has 3 aliphatic rings. The van der Waals surface area contributed by atoms with Crippen LogP contribution in [0.2, 0.25) is 0 Å². The molecule has 3 aromatic carbocycles. The molecule has 3 fully saturated rings. The number of amides is 2. The third-order valence-electron chi connectivity index (χ3n) is 8.39. The predicted molar refractivity (Wildman–Crippen MR) is 148 cm³/mol. The number of carbonyl (C=O) groups excluding carboxylic acids is 2. The zero-order chi connectivity index (χ0) is 25.2. The highest BCUT2D eigenvalue weighted by molar-refractivity contribution is 9.12. The van der Waals surface area contributed by atoms with Crippen molar-refractivity contribution in [2.24, 2.45) is 23.7 Å². The number of alkyl halides is 2. The van der Waals surface area contributed by atoms with E-state index in [4.69, 9.17) is 4.74 Å². The molecule has 6 rings (SSSR count). The van der Waals surface area contributed by atoms with Gasteiger partial charge in [0.15, 0.2) is 0 Å². The fourth-order valence-electron chi connectivity index (χ4n) is 6.36. The van der Waals surface area contributed by atoms with E-state index in [9.17, 15) is 9.59 Å². The van der Waals surface area contributed by atoms with E-state index < -0.39 is 0 Å². The fourth-order valence-corrected chi connectivity index (χ4v) is 8.24. The SMILES string of the molecule is CC(C)(c1ccccc1)c1ccc(Oc2ccc(N3C(=O)[C@@H]4[C@@H]5C[C@@H]([C@@H](Br)[C@@H]5Br)[C@@H]4C3=O)cc2)cc1. The van der Waals surface area contributed by atoms with Crippen LogP contribution in [0.5, 0.6) is 11.5 Å². The second-order valence-corrected chi connectivity index (χ2v) is 12.7. The van der Waals surface area contributed by atoms with Gasteiger partial charge in [0.2, 0.25) is 11.8 Å². The second-order valence-electron chi connectivity index (χ2n) is 10.6. The Balaban J connectivity index is 1.17. The maximum absolute atomic E-state index is 13.3. The molecule has 2 amide bonds. The van der Waals surface area contributed by atoms with Gasteiger partial charge in [0.05, 0.1) is 17.5 Å². The second kappa shape index (κ2) is 8.84. The Hall–Kier alpha value is -2.44. The van der Waals surface area contributed by atoms with Crippen LogP contribution in [0, 0.1) is 23.7 Å². The minimum Gasteiger partial charge on any atom is -0.457 e. The molecule has 1 heterocycles. The number of rotatable bonds is 5. The molecule has 3 aromatic rings. The van der Waals surface area contributed by atoms with Gasteiger partial charge < -0.3 is 4.74 Å². The summed E-state index contributed by atoms with van der Waals surface area (Å²) in [7, 11) is 0. The lowest BCUT2D eigenvalue weighted by molar-refractivity contribution is -0.123. The van der Waals surface area contributed by atoms with E-state index >= 15 is 0 Å². The van der Waals surface area contributed by atoms with Crippen LogP contribution < -0.4 is 9.64 Å². The number of anilines is 1. The van der Waals surface area contributed by atoms with Crippen LogP contribution in [0.4, 0.5) is 5.69 Å². The summed E-state index contributed by atoms with van der Waals surface area (Å²) in [5.41, 5.74) is 2.97. The van der Waals surface area contributed by atoms with Gasteiger partial charge in [-0.1, -0.05) is 88.2 Å². The summed E-state index contributed by atoms with van der Waals surface area (Å²) in [6, 6.07) is 25.9. The van der Waals surface area contributed by atoms with Gasteiger partial charge in [-0.2, -0.15) is 0 Å². The topological polar surface area (TPSA) is 46.6 Å².